The summed E-state index contributed by atoms with van der Waals surface area (Å²) in [6.07, 6.45) is 2.54. The molecule has 0 saturated carbocycles. The van der Waals surface area contributed by atoms with Crippen LogP contribution >= 0.6 is 22.9 Å². The van der Waals surface area contributed by atoms with Crippen molar-refractivity contribution in [3.8, 4) is 5.75 Å². The highest BCUT2D eigenvalue weighted by Gasteiger charge is 2.34. The second-order valence-corrected chi connectivity index (χ2v) is 11.9. The summed E-state index contributed by atoms with van der Waals surface area (Å²) >= 11 is 8.09. The van der Waals surface area contributed by atoms with Gasteiger partial charge in [0.15, 0.2) is 0 Å². The SMILES string of the molecule is CC(C)c1ccc(OC[C@H]2c3ccsc3CCN2C(=O)CN(C[C@H]2CCCO2)C(=O)c2ccccc2Cl)cc1. The fourth-order valence-electron chi connectivity index (χ4n) is 5.31. The van der Waals surface area contributed by atoms with Crippen LogP contribution in [0, 0.1) is 0 Å². The Kier molecular flexibility index (Phi) is 8.90. The minimum absolute atomic E-state index is 0.0387. The molecule has 0 spiro atoms. The fourth-order valence-corrected chi connectivity index (χ4v) is 6.46. The number of hydrogen-bond acceptors (Lipinski definition) is 5. The lowest BCUT2D eigenvalue weighted by Crippen LogP contribution is -2.49. The Bertz CT molecular complexity index is 1290. The smallest absolute Gasteiger partial charge is 0.255 e. The number of fused-ring (bicyclic) bond motifs is 1. The quantitative estimate of drug-likeness (QED) is 0.303. The van der Waals surface area contributed by atoms with Crippen LogP contribution in [0.2, 0.25) is 5.02 Å². The first-order valence-corrected chi connectivity index (χ1v) is 14.9. The number of ether oxygens (including phenoxy) is 2. The van der Waals surface area contributed by atoms with Gasteiger partial charge in [-0.1, -0.05) is 49.7 Å². The van der Waals surface area contributed by atoms with Crippen LogP contribution in [0.5, 0.6) is 5.75 Å². The first kappa shape index (κ1) is 27.7. The van der Waals surface area contributed by atoms with Gasteiger partial charge < -0.3 is 19.3 Å². The standard InChI is InChI=1S/C31H35ClN2O4S/c1-21(2)22-9-11-23(12-10-22)38-20-28-26-14-17-39-29(26)13-15-34(28)30(35)19-33(18-24-6-5-16-37-24)31(36)25-7-3-4-8-27(25)32/h3-4,7-12,14,17,21,24,28H,5-6,13,15-16,18-20H2,1-2H3/t24-,28+/m1/s1. The Morgan fingerprint density at radius 2 is 1.95 bits per heavy atom. The van der Waals surface area contributed by atoms with Gasteiger partial charge in [0, 0.05) is 24.6 Å². The molecule has 0 radical (unpaired) electrons. The van der Waals surface area contributed by atoms with Gasteiger partial charge in [0.05, 0.1) is 22.7 Å². The van der Waals surface area contributed by atoms with Crippen LogP contribution in [0.15, 0.2) is 60.0 Å². The van der Waals surface area contributed by atoms with E-state index in [4.69, 9.17) is 21.1 Å². The third-order valence-corrected chi connectivity index (χ3v) is 8.86. The Balaban J connectivity index is 1.34. The van der Waals surface area contributed by atoms with Gasteiger partial charge in [0.2, 0.25) is 5.91 Å². The second kappa shape index (κ2) is 12.5. The normalized spacial score (nSPS) is 18.7. The highest BCUT2D eigenvalue weighted by Crippen LogP contribution is 2.34. The van der Waals surface area contributed by atoms with Crippen molar-refractivity contribution in [1.29, 1.82) is 0 Å². The van der Waals surface area contributed by atoms with Crippen molar-refractivity contribution in [2.45, 2.75) is 51.2 Å². The van der Waals surface area contributed by atoms with Crippen LogP contribution in [-0.2, 0) is 16.0 Å². The minimum Gasteiger partial charge on any atom is -0.491 e. The molecule has 3 aromatic rings. The molecule has 2 aliphatic rings. The van der Waals surface area contributed by atoms with E-state index in [0.717, 1.165) is 30.6 Å². The lowest BCUT2D eigenvalue weighted by molar-refractivity contribution is -0.135. The molecule has 1 saturated heterocycles. The summed E-state index contributed by atoms with van der Waals surface area (Å²) in [5.74, 6) is 0.873. The van der Waals surface area contributed by atoms with Crippen LogP contribution in [0.3, 0.4) is 0 Å². The van der Waals surface area contributed by atoms with Crippen molar-refractivity contribution in [1.82, 2.24) is 9.80 Å². The van der Waals surface area contributed by atoms with Crippen LogP contribution in [-0.4, -0.2) is 60.6 Å². The summed E-state index contributed by atoms with van der Waals surface area (Å²) in [5.41, 5.74) is 2.78. The predicted octanol–water partition coefficient (Wildman–Crippen LogP) is 6.35. The lowest BCUT2D eigenvalue weighted by Gasteiger charge is -2.37. The molecular weight excluding hydrogens is 532 g/mol. The summed E-state index contributed by atoms with van der Waals surface area (Å²) in [4.78, 5) is 32.2. The number of carbonyl (C=O) groups is 2. The first-order valence-electron chi connectivity index (χ1n) is 13.6. The Hall–Kier alpha value is -2.87. The molecule has 39 heavy (non-hydrogen) atoms. The number of nitrogens with zero attached hydrogens (tertiary/aromatic N) is 2. The van der Waals surface area contributed by atoms with Crippen molar-refractivity contribution in [3.63, 3.8) is 0 Å². The molecule has 5 rings (SSSR count). The highest BCUT2D eigenvalue weighted by molar-refractivity contribution is 7.10. The zero-order chi connectivity index (χ0) is 27.4. The molecule has 6 nitrogen and oxygen atoms in total. The predicted molar refractivity (Wildman–Crippen MR) is 155 cm³/mol. The molecule has 0 aliphatic carbocycles. The van der Waals surface area contributed by atoms with Gasteiger partial charge in [-0.3, -0.25) is 9.59 Å². The molecular formula is C31H35ClN2O4S. The van der Waals surface area contributed by atoms with E-state index in [-0.39, 0.29) is 30.5 Å². The lowest BCUT2D eigenvalue weighted by atomic mass is 10.00. The molecule has 2 atom stereocenters. The van der Waals surface area contributed by atoms with Crippen LogP contribution in [0.4, 0.5) is 0 Å². The van der Waals surface area contributed by atoms with Crippen LogP contribution in [0.1, 0.15) is 65.0 Å². The van der Waals surface area contributed by atoms with Gasteiger partial charge >= 0.3 is 0 Å². The zero-order valence-corrected chi connectivity index (χ0v) is 24.0. The molecule has 2 amide bonds. The molecule has 8 heteroatoms. The largest absolute Gasteiger partial charge is 0.491 e. The van der Waals surface area contributed by atoms with Crippen molar-refractivity contribution in [2.24, 2.45) is 0 Å². The van der Waals surface area contributed by atoms with Crippen molar-refractivity contribution >= 4 is 34.8 Å². The van der Waals surface area contributed by atoms with Gasteiger partial charge in [-0.15, -0.1) is 11.3 Å². The van der Waals surface area contributed by atoms with E-state index in [2.05, 4.69) is 37.4 Å². The Morgan fingerprint density at radius 1 is 1.15 bits per heavy atom. The topological polar surface area (TPSA) is 59.1 Å². The average molecular weight is 567 g/mol. The first-order chi connectivity index (χ1) is 18.9. The number of thiophene rings is 1. The number of halogens is 1. The summed E-state index contributed by atoms with van der Waals surface area (Å²) in [5, 5.41) is 2.45. The fraction of sp³-hybridized carbons (Fsp3) is 0.419. The minimum atomic E-state index is -0.254. The maximum Gasteiger partial charge on any atom is 0.255 e. The van der Waals surface area contributed by atoms with E-state index in [1.807, 2.05) is 17.0 Å². The average Bonchev–Trinajstić information content (AvgIpc) is 3.64. The molecule has 2 aromatic carbocycles. The van der Waals surface area contributed by atoms with E-state index < -0.39 is 0 Å². The van der Waals surface area contributed by atoms with E-state index in [9.17, 15) is 9.59 Å². The highest BCUT2D eigenvalue weighted by atomic mass is 35.5. The summed E-state index contributed by atoms with van der Waals surface area (Å²) in [7, 11) is 0. The summed E-state index contributed by atoms with van der Waals surface area (Å²) in [6, 6.07) is 17.0. The maximum absolute atomic E-state index is 13.9. The molecule has 1 aromatic heterocycles. The molecule has 1 fully saturated rings. The van der Waals surface area contributed by atoms with Crippen molar-refractivity contribution < 1.29 is 19.1 Å². The van der Waals surface area contributed by atoms with Gasteiger partial charge in [-0.25, -0.2) is 0 Å². The molecule has 2 aliphatic heterocycles. The van der Waals surface area contributed by atoms with E-state index in [1.165, 1.54) is 10.4 Å². The Labute approximate surface area is 239 Å². The van der Waals surface area contributed by atoms with Gasteiger partial charge in [-0.05, 0) is 72.0 Å². The zero-order valence-electron chi connectivity index (χ0n) is 22.5. The molecule has 0 bridgehead atoms. The van der Waals surface area contributed by atoms with Crippen LogP contribution in [0.25, 0.3) is 0 Å². The summed E-state index contributed by atoms with van der Waals surface area (Å²) < 4.78 is 12.0. The third kappa shape index (κ3) is 6.48. The molecule has 206 valence electrons. The van der Waals surface area contributed by atoms with E-state index >= 15 is 0 Å². The maximum atomic E-state index is 13.9. The van der Waals surface area contributed by atoms with Gasteiger partial charge in [0.25, 0.3) is 5.91 Å². The second-order valence-electron chi connectivity index (χ2n) is 10.5. The van der Waals surface area contributed by atoms with E-state index in [0.29, 0.717) is 42.8 Å². The third-order valence-electron chi connectivity index (χ3n) is 7.54. The van der Waals surface area contributed by atoms with Crippen molar-refractivity contribution in [2.75, 3.05) is 32.8 Å². The van der Waals surface area contributed by atoms with Crippen LogP contribution < -0.4 is 4.74 Å². The number of hydrogen-bond donors (Lipinski definition) is 0. The number of amides is 2. The Morgan fingerprint density at radius 3 is 2.67 bits per heavy atom. The number of benzene rings is 2. The number of rotatable bonds is 9. The van der Waals surface area contributed by atoms with Crippen molar-refractivity contribution in [3.05, 3.63) is 86.6 Å². The monoisotopic (exact) mass is 566 g/mol. The summed E-state index contributed by atoms with van der Waals surface area (Å²) in [6.45, 7) is 6.26. The van der Waals surface area contributed by atoms with Gasteiger partial charge in [-0.2, -0.15) is 0 Å². The molecule has 0 N–H and O–H groups in total. The molecule has 0 unspecified atom stereocenters. The van der Waals surface area contributed by atoms with E-state index in [1.54, 1.807) is 40.5 Å². The van der Waals surface area contributed by atoms with Gasteiger partial charge in [0.1, 0.15) is 18.9 Å². The number of carbonyl (C=O) groups excluding carboxylic acids is 2. The molecule has 3 heterocycles.